The van der Waals surface area contributed by atoms with Crippen LogP contribution in [-0.4, -0.2) is 41.8 Å². The summed E-state index contributed by atoms with van der Waals surface area (Å²) in [6.45, 7) is 5.54. The molecule has 8 heteroatoms. The van der Waals surface area contributed by atoms with E-state index in [1.807, 2.05) is 0 Å². The van der Waals surface area contributed by atoms with E-state index in [1.165, 1.54) is 18.3 Å². The van der Waals surface area contributed by atoms with Crippen LogP contribution in [0.25, 0.3) is 0 Å². The number of benzene rings is 1. The number of carbonyl (C=O) groups is 3. The van der Waals surface area contributed by atoms with Crippen LogP contribution in [-0.2, 0) is 9.59 Å². The largest absolute Gasteiger partial charge is 0.493 e. The zero-order valence-electron chi connectivity index (χ0n) is 13.1. The molecule has 1 rings (SSSR count). The molecular weight excluding hydrogens is 302 g/mol. The Morgan fingerprint density at radius 2 is 2.00 bits per heavy atom. The van der Waals surface area contributed by atoms with Gasteiger partial charge in [-0.25, -0.2) is 10.2 Å². The SMILES string of the molecule is CCOc1ccc(/C=N\NC(=O)C(=O)NC(C)C)cc1C(=O)O. The van der Waals surface area contributed by atoms with Gasteiger partial charge in [0.25, 0.3) is 0 Å². The zero-order chi connectivity index (χ0) is 17.4. The summed E-state index contributed by atoms with van der Waals surface area (Å²) in [4.78, 5) is 34.0. The Labute approximate surface area is 133 Å². The number of hydrogen-bond acceptors (Lipinski definition) is 5. The minimum Gasteiger partial charge on any atom is -0.493 e. The predicted molar refractivity (Wildman–Crippen MR) is 83.6 cm³/mol. The summed E-state index contributed by atoms with van der Waals surface area (Å²) >= 11 is 0. The van der Waals surface area contributed by atoms with Gasteiger partial charge < -0.3 is 15.2 Å². The maximum atomic E-state index is 11.4. The van der Waals surface area contributed by atoms with Crippen molar-refractivity contribution in [3.63, 3.8) is 0 Å². The Morgan fingerprint density at radius 1 is 1.30 bits per heavy atom. The Kier molecular flexibility index (Phi) is 6.72. The van der Waals surface area contributed by atoms with Crippen LogP contribution in [0, 0.1) is 0 Å². The molecule has 1 aromatic carbocycles. The lowest BCUT2D eigenvalue weighted by molar-refractivity contribution is -0.139. The van der Waals surface area contributed by atoms with Gasteiger partial charge in [0.1, 0.15) is 11.3 Å². The van der Waals surface area contributed by atoms with E-state index in [-0.39, 0.29) is 17.4 Å². The minimum absolute atomic E-state index is 0.0142. The molecule has 0 saturated heterocycles. The Balaban J connectivity index is 2.77. The molecule has 0 aromatic heterocycles. The highest BCUT2D eigenvalue weighted by molar-refractivity contribution is 6.35. The van der Waals surface area contributed by atoms with Crippen molar-refractivity contribution in [2.24, 2.45) is 5.10 Å². The van der Waals surface area contributed by atoms with E-state index >= 15 is 0 Å². The molecule has 0 radical (unpaired) electrons. The summed E-state index contributed by atoms with van der Waals surface area (Å²) in [5, 5.41) is 15.2. The summed E-state index contributed by atoms with van der Waals surface area (Å²) in [6, 6.07) is 4.28. The number of ether oxygens (including phenoxy) is 1. The van der Waals surface area contributed by atoms with Crippen LogP contribution in [0.4, 0.5) is 0 Å². The van der Waals surface area contributed by atoms with Crippen molar-refractivity contribution in [1.82, 2.24) is 10.7 Å². The zero-order valence-corrected chi connectivity index (χ0v) is 13.1. The van der Waals surface area contributed by atoms with E-state index in [4.69, 9.17) is 9.84 Å². The van der Waals surface area contributed by atoms with E-state index in [9.17, 15) is 14.4 Å². The second-order valence-electron chi connectivity index (χ2n) is 4.82. The van der Waals surface area contributed by atoms with Crippen LogP contribution in [0.1, 0.15) is 36.7 Å². The van der Waals surface area contributed by atoms with E-state index < -0.39 is 17.8 Å². The number of carboxylic acids is 1. The van der Waals surface area contributed by atoms with Crippen molar-refractivity contribution in [3.05, 3.63) is 29.3 Å². The third-order valence-corrected chi connectivity index (χ3v) is 2.54. The lowest BCUT2D eigenvalue weighted by Crippen LogP contribution is -2.41. The topological polar surface area (TPSA) is 117 Å². The first kappa shape index (κ1) is 18.1. The molecule has 23 heavy (non-hydrogen) atoms. The summed E-state index contributed by atoms with van der Waals surface area (Å²) in [7, 11) is 0. The van der Waals surface area contributed by atoms with E-state index in [1.54, 1.807) is 26.8 Å². The molecule has 0 aliphatic carbocycles. The standard InChI is InChI=1S/C15H19N3O5/c1-4-23-12-6-5-10(7-11(12)15(21)22)8-16-18-14(20)13(19)17-9(2)3/h5-9H,4H2,1-3H3,(H,17,19)(H,18,20)(H,21,22)/b16-8-. The molecule has 3 N–H and O–H groups in total. The van der Waals surface area contributed by atoms with Crippen LogP contribution in [0.15, 0.2) is 23.3 Å². The van der Waals surface area contributed by atoms with Gasteiger partial charge in [-0.1, -0.05) is 0 Å². The van der Waals surface area contributed by atoms with Gasteiger partial charge in [-0.2, -0.15) is 5.10 Å². The Hall–Kier alpha value is -2.90. The quantitative estimate of drug-likeness (QED) is 0.406. The lowest BCUT2D eigenvalue weighted by Gasteiger charge is -2.07. The van der Waals surface area contributed by atoms with Crippen molar-refractivity contribution < 1.29 is 24.2 Å². The lowest BCUT2D eigenvalue weighted by atomic mass is 10.1. The summed E-state index contributed by atoms with van der Waals surface area (Å²) in [5.41, 5.74) is 2.49. The maximum absolute atomic E-state index is 11.4. The number of aromatic carboxylic acids is 1. The molecule has 124 valence electrons. The fourth-order valence-electron chi connectivity index (χ4n) is 1.62. The molecule has 0 aliphatic rings. The molecule has 8 nitrogen and oxygen atoms in total. The number of hydrazone groups is 1. The predicted octanol–water partition coefficient (Wildman–Crippen LogP) is 0.758. The molecule has 0 spiro atoms. The first-order chi connectivity index (χ1) is 10.8. The maximum Gasteiger partial charge on any atom is 0.339 e. The van der Waals surface area contributed by atoms with E-state index in [0.29, 0.717) is 12.2 Å². The average Bonchev–Trinajstić information content (AvgIpc) is 2.47. The third kappa shape index (κ3) is 5.77. The smallest absolute Gasteiger partial charge is 0.339 e. The van der Waals surface area contributed by atoms with Gasteiger partial charge in [0, 0.05) is 6.04 Å². The molecule has 0 heterocycles. The summed E-state index contributed by atoms with van der Waals surface area (Å²) < 4.78 is 5.22. The fraction of sp³-hybridized carbons (Fsp3) is 0.333. The third-order valence-electron chi connectivity index (χ3n) is 2.54. The number of carboxylic acid groups (broad SMARTS) is 1. The second kappa shape index (κ2) is 8.52. The van der Waals surface area contributed by atoms with Gasteiger partial charge in [0.05, 0.1) is 12.8 Å². The van der Waals surface area contributed by atoms with E-state index in [2.05, 4.69) is 15.8 Å². The first-order valence-corrected chi connectivity index (χ1v) is 6.99. The van der Waals surface area contributed by atoms with Gasteiger partial charge in [0.2, 0.25) is 0 Å². The van der Waals surface area contributed by atoms with Crippen molar-refractivity contribution in [3.8, 4) is 5.75 Å². The molecule has 0 fully saturated rings. The monoisotopic (exact) mass is 321 g/mol. The molecule has 1 aromatic rings. The molecule has 0 atom stereocenters. The number of nitrogens with one attached hydrogen (secondary N) is 2. The van der Waals surface area contributed by atoms with Crippen molar-refractivity contribution in [1.29, 1.82) is 0 Å². The second-order valence-corrected chi connectivity index (χ2v) is 4.82. The minimum atomic E-state index is -1.14. The van der Waals surface area contributed by atoms with Crippen molar-refractivity contribution in [2.45, 2.75) is 26.8 Å². The molecule has 2 amide bonds. The molecule has 0 aliphatic heterocycles. The highest BCUT2D eigenvalue weighted by Gasteiger charge is 2.13. The van der Waals surface area contributed by atoms with Gasteiger partial charge in [-0.3, -0.25) is 9.59 Å². The van der Waals surface area contributed by atoms with Crippen LogP contribution in [0.3, 0.4) is 0 Å². The molecule has 0 unspecified atom stereocenters. The number of hydrogen-bond donors (Lipinski definition) is 3. The number of carbonyl (C=O) groups excluding carboxylic acids is 2. The molecule has 0 saturated carbocycles. The van der Waals surface area contributed by atoms with Gasteiger partial charge in [0.15, 0.2) is 0 Å². The molecular formula is C15H19N3O5. The normalized spacial score (nSPS) is 10.6. The first-order valence-electron chi connectivity index (χ1n) is 6.99. The average molecular weight is 321 g/mol. The Bertz CT molecular complexity index is 626. The fourth-order valence-corrected chi connectivity index (χ4v) is 1.62. The van der Waals surface area contributed by atoms with Gasteiger partial charge >= 0.3 is 17.8 Å². The summed E-state index contributed by atoms with van der Waals surface area (Å²) in [5.74, 6) is -2.59. The molecule has 0 bridgehead atoms. The highest BCUT2D eigenvalue weighted by Crippen LogP contribution is 2.19. The van der Waals surface area contributed by atoms with Crippen molar-refractivity contribution >= 4 is 24.0 Å². The van der Waals surface area contributed by atoms with Gasteiger partial charge in [-0.05, 0) is 44.5 Å². The van der Waals surface area contributed by atoms with Gasteiger partial charge in [-0.15, -0.1) is 0 Å². The number of nitrogens with zero attached hydrogens (tertiary/aromatic N) is 1. The highest BCUT2D eigenvalue weighted by atomic mass is 16.5. The van der Waals surface area contributed by atoms with Crippen LogP contribution in [0.5, 0.6) is 5.75 Å². The summed E-state index contributed by atoms with van der Waals surface area (Å²) in [6.07, 6.45) is 1.24. The van der Waals surface area contributed by atoms with E-state index in [0.717, 1.165) is 0 Å². The van der Waals surface area contributed by atoms with Crippen LogP contribution >= 0.6 is 0 Å². The van der Waals surface area contributed by atoms with Crippen LogP contribution < -0.4 is 15.5 Å². The van der Waals surface area contributed by atoms with Crippen molar-refractivity contribution in [2.75, 3.05) is 6.61 Å². The number of amides is 2. The van der Waals surface area contributed by atoms with Crippen LogP contribution in [0.2, 0.25) is 0 Å². The number of rotatable bonds is 6. The Morgan fingerprint density at radius 3 is 2.57 bits per heavy atom.